The quantitative estimate of drug-likeness (QED) is 0.222. The smallest absolute Gasteiger partial charge is 0.105 e. The van der Waals surface area contributed by atoms with Crippen LogP contribution in [0.2, 0.25) is 0 Å². The molecule has 0 fully saturated rings. The van der Waals surface area contributed by atoms with Crippen LogP contribution in [0.5, 0.6) is 0 Å². The van der Waals surface area contributed by atoms with E-state index in [9.17, 15) is 0 Å². The van der Waals surface area contributed by atoms with Crippen molar-refractivity contribution in [3.63, 3.8) is 0 Å². The third-order valence-electron chi connectivity index (χ3n) is 6.51. The van der Waals surface area contributed by atoms with E-state index in [4.69, 9.17) is 0 Å². The molecule has 1 atom stereocenters. The van der Waals surface area contributed by atoms with Gasteiger partial charge in [0.1, 0.15) is 6.17 Å². The normalized spacial score (nSPS) is 16.0. The zero-order chi connectivity index (χ0) is 21.3. The monoisotopic (exact) mass is 412 g/mol. The second kappa shape index (κ2) is 16.3. The summed E-state index contributed by atoms with van der Waals surface area (Å²) in [6, 6.07) is 10.9. The maximum absolute atomic E-state index is 2.58. The Hall–Kier alpha value is -1.44. The van der Waals surface area contributed by atoms with Crippen LogP contribution in [0.3, 0.4) is 0 Å². The van der Waals surface area contributed by atoms with E-state index < -0.39 is 0 Å². The molecule has 30 heavy (non-hydrogen) atoms. The molecule has 2 nitrogen and oxygen atoms in total. The summed E-state index contributed by atoms with van der Waals surface area (Å²) < 4.78 is 0. The molecule has 1 aliphatic heterocycles. The fourth-order valence-electron chi connectivity index (χ4n) is 4.60. The van der Waals surface area contributed by atoms with Gasteiger partial charge in [-0.1, -0.05) is 116 Å². The predicted octanol–water partition coefficient (Wildman–Crippen LogP) is 8.89. The van der Waals surface area contributed by atoms with Crippen molar-refractivity contribution in [2.45, 2.75) is 123 Å². The van der Waals surface area contributed by atoms with Crippen molar-refractivity contribution in [1.29, 1.82) is 0 Å². The number of benzene rings is 1. The zero-order valence-electron chi connectivity index (χ0n) is 20.0. The molecule has 1 unspecified atom stereocenters. The van der Waals surface area contributed by atoms with E-state index in [2.05, 4.69) is 66.4 Å². The van der Waals surface area contributed by atoms with E-state index in [-0.39, 0.29) is 0 Å². The van der Waals surface area contributed by atoms with Crippen LogP contribution in [0.4, 0.5) is 5.69 Å². The summed E-state index contributed by atoms with van der Waals surface area (Å²) in [4.78, 5) is 5.05. The van der Waals surface area contributed by atoms with E-state index in [1.807, 2.05) is 0 Å². The summed E-state index contributed by atoms with van der Waals surface area (Å²) in [5.74, 6) is 0. The summed E-state index contributed by atoms with van der Waals surface area (Å²) >= 11 is 0. The first kappa shape index (κ1) is 24.8. The highest BCUT2D eigenvalue weighted by Crippen LogP contribution is 2.27. The highest BCUT2D eigenvalue weighted by Gasteiger charge is 2.26. The molecular formula is C28H48N2. The minimum atomic E-state index is 0.504. The molecule has 1 aromatic rings. The lowest BCUT2D eigenvalue weighted by atomic mass is 10.0. The second-order valence-electron chi connectivity index (χ2n) is 9.14. The first-order valence-corrected chi connectivity index (χ1v) is 13.1. The number of hydrogen-bond donors (Lipinski definition) is 0. The van der Waals surface area contributed by atoms with Gasteiger partial charge in [0.15, 0.2) is 0 Å². The highest BCUT2D eigenvalue weighted by molar-refractivity contribution is 5.51. The van der Waals surface area contributed by atoms with Crippen molar-refractivity contribution in [1.82, 2.24) is 4.90 Å². The minimum absolute atomic E-state index is 0.504. The van der Waals surface area contributed by atoms with E-state index in [1.54, 1.807) is 0 Å². The van der Waals surface area contributed by atoms with Gasteiger partial charge in [0, 0.05) is 24.6 Å². The van der Waals surface area contributed by atoms with Crippen molar-refractivity contribution in [3.8, 4) is 0 Å². The molecule has 0 N–H and O–H groups in total. The van der Waals surface area contributed by atoms with Gasteiger partial charge in [-0.15, -0.1) is 0 Å². The van der Waals surface area contributed by atoms with E-state index in [0.29, 0.717) is 6.17 Å². The van der Waals surface area contributed by atoms with Gasteiger partial charge in [-0.2, -0.15) is 0 Å². The first-order chi connectivity index (χ1) is 14.9. The van der Waals surface area contributed by atoms with Crippen LogP contribution in [0.15, 0.2) is 42.7 Å². The fraction of sp³-hybridized carbons (Fsp3) is 0.714. The molecule has 0 radical (unpaired) electrons. The highest BCUT2D eigenvalue weighted by atomic mass is 15.4. The van der Waals surface area contributed by atoms with Gasteiger partial charge in [-0.3, -0.25) is 0 Å². The number of para-hydroxylation sites is 1. The molecule has 0 spiro atoms. The van der Waals surface area contributed by atoms with Crippen LogP contribution in [-0.2, 0) is 0 Å². The van der Waals surface area contributed by atoms with Crippen LogP contribution >= 0.6 is 0 Å². The zero-order valence-corrected chi connectivity index (χ0v) is 20.0. The standard InChI is InChI=1S/C28H48N2/c1-3-5-7-8-9-10-11-12-13-14-15-16-20-24-29-25-26-30(28(29)23-6-4-2)27-21-18-17-19-22-27/h17-19,21-22,25-26,28H,3-16,20,23-24H2,1-2H3. The molecule has 0 saturated heterocycles. The molecule has 1 aliphatic rings. The Balaban J connectivity index is 1.54. The van der Waals surface area contributed by atoms with E-state index in [0.717, 1.165) is 0 Å². The van der Waals surface area contributed by atoms with Crippen LogP contribution in [0.25, 0.3) is 0 Å². The molecule has 0 saturated carbocycles. The van der Waals surface area contributed by atoms with Gasteiger partial charge >= 0.3 is 0 Å². The molecule has 0 bridgehead atoms. The average molecular weight is 413 g/mol. The lowest BCUT2D eigenvalue weighted by molar-refractivity contribution is 0.274. The van der Waals surface area contributed by atoms with Crippen molar-refractivity contribution < 1.29 is 0 Å². The van der Waals surface area contributed by atoms with Crippen molar-refractivity contribution in [2.75, 3.05) is 11.4 Å². The summed E-state index contributed by atoms with van der Waals surface area (Å²) in [7, 11) is 0. The van der Waals surface area contributed by atoms with Crippen molar-refractivity contribution in [2.24, 2.45) is 0 Å². The molecule has 1 heterocycles. The van der Waals surface area contributed by atoms with Crippen LogP contribution in [-0.4, -0.2) is 17.6 Å². The molecular weight excluding hydrogens is 364 g/mol. The Morgan fingerprint density at radius 3 is 1.70 bits per heavy atom. The SMILES string of the molecule is CCCCCCCCCCCCCCCN1C=CN(c2ccccc2)C1CCCC. The lowest BCUT2D eigenvalue weighted by Crippen LogP contribution is -2.39. The lowest BCUT2D eigenvalue weighted by Gasteiger charge is -2.33. The average Bonchev–Trinajstić information content (AvgIpc) is 3.18. The maximum Gasteiger partial charge on any atom is 0.105 e. The molecule has 2 rings (SSSR count). The Bertz CT molecular complexity index is 539. The van der Waals surface area contributed by atoms with Crippen LogP contribution < -0.4 is 4.90 Å². The summed E-state index contributed by atoms with van der Waals surface area (Å²) in [6.45, 7) is 5.80. The maximum atomic E-state index is 2.58. The molecule has 0 amide bonds. The number of anilines is 1. The number of nitrogens with zero attached hydrogens (tertiary/aromatic N) is 2. The molecule has 0 aromatic heterocycles. The second-order valence-corrected chi connectivity index (χ2v) is 9.14. The van der Waals surface area contributed by atoms with Gasteiger partial charge in [-0.25, -0.2) is 0 Å². The van der Waals surface area contributed by atoms with Gasteiger partial charge in [0.25, 0.3) is 0 Å². The molecule has 2 heteroatoms. The number of rotatable bonds is 18. The predicted molar refractivity (Wildman–Crippen MR) is 134 cm³/mol. The number of unbranched alkanes of at least 4 members (excludes halogenated alkanes) is 13. The Morgan fingerprint density at radius 1 is 0.600 bits per heavy atom. The van der Waals surface area contributed by atoms with Crippen molar-refractivity contribution >= 4 is 5.69 Å². The Kier molecular flexibility index (Phi) is 13.5. The number of hydrogen-bond acceptors (Lipinski definition) is 2. The molecule has 170 valence electrons. The summed E-state index contributed by atoms with van der Waals surface area (Å²) in [5, 5.41) is 0. The Morgan fingerprint density at radius 2 is 1.13 bits per heavy atom. The molecule has 0 aliphatic carbocycles. The molecule has 1 aromatic carbocycles. The van der Waals surface area contributed by atoms with Gasteiger partial charge in [0.2, 0.25) is 0 Å². The fourth-order valence-corrected chi connectivity index (χ4v) is 4.60. The third kappa shape index (κ3) is 9.58. The van der Waals surface area contributed by atoms with Gasteiger partial charge in [-0.05, 0) is 31.4 Å². The summed E-state index contributed by atoms with van der Waals surface area (Å²) in [6.07, 6.45) is 27.5. The van der Waals surface area contributed by atoms with Crippen LogP contribution in [0.1, 0.15) is 117 Å². The van der Waals surface area contributed by atoms with Crippen molar-refractivity contribution in [3.05, 3.63) is 42.7 Å². The topological polar surface area (TPSA) is 6.48 Å². The van der Waals surface area contributed by atoms with E-state index >= 15 is 0 Å². The van der Waals surface area contributed by atoms with Crippen LogP contribution in [0, 0.1) is 0 Å². The first-order valence-electron chi connectivity index (χ1n) is 13.1. The largest absolute Gasteiger partial charge is 0.356 e. The van der Waals surface area contributed by atoms with E-state index in [1.165, 1.54) is 115 Å². The van der Waals surface area contributed by atoms with Gasteiger partial charge in [0.05, 0.1) is 0 Å². The minimum Gasteiger partial charge on any atom is -0.356 e. The summed E-state index contributed by atoms with van der Waals surface area (Å²) in [5.41, 5.74) is 1.32. The van der Waals surface area contributed by atoms with Gasteiger partial charge < -0.3 is 9.80 Å². The third-order valence-corrected chi connectivity index (χ3v) is 6.51. The Labute approximate surface area is 187 Å².